The van der Waals surface area contributed by atoms with Crippen LogP contribution in [-0.2, 0) is 5.54 Å². The molecule has 1 aliphatic rings. The molecular weight excluding hydrogens is 422 g/mol. The summed E-state index contributed by atoms with van der Waals surface area (Å²) in [4.78, 5) is 23.4. The van der Waals surface area contributed by atoms with Crippen molar-refractivity contribution in [2.45, 2.75) is 12.0 Å². The van der Waals surface area contributed by atoms with Gasteiger partial charge in [0.15, 0.2) is 17.3 Å². The fourth-order valence-corrected chi connectivity index (χ4v) is 4.92. The van der Waals surface area contributed by atoms with E-state index in [2.05, 4.69) is 26.8 Å². The number of hydrogen-bond acceptors (Lipinski definition) is 9. The summed E-state index contributed by atoms with van der Waals surface area (Å²) in [6.45, 7) is 4.31. The summed E-state index contributed by atoms with van der Waals surface area (Å²) >= 11 is 1.60. The Bertz CT molecular complexity index is 1200. The number of imidazole rings is 1. The van der Waals surface area contributed by atoms with E-state index in [4.69, 9.17) is 21.4 Å². The van der Waals surface area contributed by atoms with Crippen molar-refractivity contribution in [2.24, 2.45) is 11.5 Å². The molecular formula is C22H27N9S. The van der Waals surface area contributed by atoms with Crippen LogP contribution in [0.1, 0.15) is 17.8 Å². The van der Waals surface area contributed by atoms with Gasteiger partial charge in [-0.25, -0.2) is 19.9 Å². The van der Waals surface area contributed by atoms with Crippen molar-refractivity contribution in [1.29, 1.82) is 0 Å². The Labute approximate surface area is 190 Å². The zero-order valence-electron chi connectivity index (χ0n) is 18.1. The smallest absolute Gasteiger partial charge is 0.180 e. The molecule has 4 N–H and O–H groups in total. The zero-order valence-corrected chi connectivity index (χ0v) is 18.9. The van der Waals surface area contributed by atoms with Crippen LogP contribution in [0.2, 0.25) is 0 Å². The summed E-state index contributed by atoms with van der Waals surface area (Å²) in [5, 5.41) is 4.04. The molecule has 1 atom stereocenters. The van der Waals surface area contributed by atoms with Gasteiger partial charge in [0.05, 0.1) is 17.6 Å². The molecule has 10 heteroatoms. The summed E-state index contributed by atoms with van der Waals surface area (Å²) in [6.07, 6.45) is 7.89. The van der Waals surface area contributed by atoms with E-state index in [-0.39, 0.29) is 0 Å². The largest absolute Gasteiger partial charge is 0.351 e. The molecule has 9 nitrogen and oxygen atoms in total. The van der Waals surface area contributed by atoms with E-state index >= 15 is 0 Å². The summed E-state index contributed by atoms with van der Waals surface area (Å²) in [5.74, 6) is 1.46. The summed E-state index contributed by atoms with van der Waals surface area (Å²) < 4.78 is 2.04. The van der Waals surface area contributed by atoms with E-state index in [1.807, 2.05) is 45.9 Å². The number of nitrogens with zero attached hydrogens (tertiary/aromatic N) is 7. The lowest BCUT2D eigenvalue weighted by atomic mass is 9.88. The Balaban J connectivity index is 1.55. The highest BCUT2D eigenvalue weighted by Crippen LogP contribution is 2.31. The topological polar surface area (TPSA) is 114 Å². The van der Waals surface area contributed by atoms with E-state index in [1.165, 1.54) is 0 Å². The standard InChI is InChI=1S/C22H27N9S/c1-29-9-11-30(12-10-29)19-20-27-14-18(31(20)8-7-25-19)17-2-6-26-21(28-17)22(24,4-5-23)16-3-13-32-15-16/h2-3,6-8,13-15H,4-5,9-12,23-24H2,1H3. The van der Waals surface area contributed by atoms with E-state index < -0.39 is 5.54 Å². The van der Waals surface area contributed by atoms with Crippen molar-refractivity contribution >= 4 is 22.8 Å². The quantitative estimate of drug-likeness (QED) is 0.456. The second kappa shape index (κ2) is 8.55. The van der Waals surface area contributed by atoms with Crippen molar-refractivity contribution < 1.29 is 0 Å². The van der Waals surface area contributed by atoms with E-state index in [1.54, 1.807) is 17.5 Å². The summed E-state index contributed by atoms with van der Waals surface area (Å²) in [6, 6.07) is 3.90. The second-order valence-electron chi connectivity index (χ2n) is 8.17. The first-order valence-electron chi connectivity index (χ1n) is 10.7. The molecule has 4 aromatic rings. The van der Waals surface area contributed by atoms with Crippen molar-refractivity contribution in [2.75, 3.05) is 44.7 Å². The van der Waals surface area contributed by atoms with Crippen LogP contribution in [0.3, 0.4) is 0 Å². The molecule has 4 aromatic heterocycles. The molecule has 0 saturated carbocycles. The Morgan fingerprint density at radius 2 is 1.94 bits per heavy atom. The van der Waals surface area contributed by atoms with Gasteiger partial charge in [0.25, 0.3) is 0 Å². The van der Waals surface area contributed by atoms with Crippen molar-refractivity contribution in [3.63, 3.8) is 0 Å². The van der Waals surface area contributed by atoms with Crippen LogP contribution in [0, 0.1) is 0 Å². The Morgan fingerprint density at radius 1 is 1.09 bits per heavy atom. The maximum Gasteiger partial charge on any atom is 0.180 e. The van der Waals surface area contributed by atoms with Crippen LogP contribution in [0.15, 0.2) is 47.7 Å². The predicted molar refractivity (Wildman–Crippen MR) is 127 cm³/mol. The van der Waals surface area contributed by atoms with Gasteiger partial charge in [-0.3, -0.25) is 4.40 Å². The average Bonchev–Trinajstić information content (AvgIpc) is 3.50. The highest BCUT2D eigenvalue weighted by atomic mass is 32.1. The molecule has 0 bridgehead atoms. The van der Waals surface area contributed by atoms with Gasteiger partial charge in [0.1, 0.15) is 5.54 Å². The highest BCUT2D eigenvalue weighted by molar-refractivity contribution is 7.08. The first-order valence-corrected chi connectivity index (χ1v) is 11.7. The van der Waals surface area contributed by atoms with Crippen LogP contribution in [0.4, 0.5) is 5.82 Å². The number of rotatable bonds is 6. The number of anilines is 1. The number of nitrogens with two attached hydrogens (primary N) is 2. The zero-order chi connectivity index (χ0) is 22.1. The van der Waals surface area contributed by atoms with Gasteiger partial charge >= 0.3 is 0 Å². The minimum atomic E-state index is -0.836. The van der Waals surface area contributed by atoms with Gasteiger partial charge in [-0.2, -0.15) is 11.3 Å². The molecule has 0 spiro atoms. The van der Waals surface area contributed by atoms with E-state index in [0.717, 1.165) is 54.6 Å². The molecule has 1 aliphatic heterocycles. The molecule has 1 fully saturated rings. The maximum atomic E-state index is 6.82. The molecule has 0 radical (unpaired) electrons. The number of piperazine rings is 1. The van der Waals surface area contributed by atoms with E-state index in [0.29, 0.717) is 18.8 Å². The van der Waals surface area contributed by atoms with Crippen LogP contribution in [-0.4, -0.2) is 69.0 Å². The summed E-state index contributed by atoms with van der Waals surface area (Å²) in [5.41, 5.74) is 15.3. The molecule has 166 valence electrons. The van der Waals surface area contributed by atoms with Crippen LogP contribution in [0.5, 0.6) is 0 Å². The van der Waals surface area contributed by atoms with E-state index in [9.17, 15) is 0 Å². The third-order valence-electron chi connectivity index (χ3n) is 6.10. The Hall–Kier alpha value is -2.92. The minimum absolute atomic E-state index is 0.440. The van der Waals surface area contributed by atoms with Gasteiger partial charge in [0.2, 0.25) is 0 Å². The molecule has 1 saturated heterocycles. The lowest BCUT2D eigenvalue weighted by Gasteiger charge is -2.33. The normalized spacial score (nSPS) is 17.0. The van der Waals surface area contributed by atoms with Gasteiger partial charge < -0.3 is 21.3 Å². The maximum absolute atomic E-state index is 6.82. The van der Waals surface area contributed by atoms with Gasteiger partial charge in [-0.15, -0.1) is 0 Å². The van der Waals surface area contributed by atoms with Gasteiger partial charge in [-0.1, -0.05) is 0 Å². The van der Waals surface area contributed by atoms with Crippen LogP contribution < -0.4 is 16.4 Å². The van der Waals surface area contributed by atoms with Crippen molar-refractivity contribution in [1.82, 2.24) is 29.2 Å². The molecule has 5 heterocycles. The molecule has 32 heavy (non-hydrogen) atoms. The SMILES string of the molecule is CN1CCN(c2nccn3c(-c4ccnc(C(N)(CCN)c5ccsc5)n4)cnc23)CC1. The minimum Gasteiger partial charge on any atom is -0.351 e. The predicted octanol–water partition coefficient (Wildman–Crippen LogP) is 1.55. The first-order chi connectivity index (χ1) is 15.6. The summed E-state index contributed by atoms with van der Waals surface area (Å²) in [7, 11) is 2.14. The van der Waals surface area contributed by atoms with Crippen molar-refractivity contribution in [3.05, 3.63) is 59.1 Å². The monoisotopic (exact) mass is 449 g/mol. The molecule has 0 aromatic carbocycles. The third kappa shape index (κ3) is 3.65. The second-order valence-corrected chi connectivity index (χ2v) is 8.95. The average molecular weight is 450 g/mol. The fourth-order valence-electron chi connectivity index (χ4n) is 4.18. The van der Waals surface area contributed by atoms with Crippen molar-refractivity contribution in [3.8, 4) is 11.4 Å². The fraction of sp³-hybridized carbons (Fsp3) is 0.364. The number of hydrogen-bond donors (Lipinski definition) is 2. The number of likely N-dealkylation sites (N-methyl/N-ethyl adjacent to an activating group) is 1. The number of fused-ring (bicyclic) bond motifs is 1. The first kappa shape index (κ1) is 21.0. The molecule has 1 unspecified atom stereocenters. The van der Waals surface area contributed by atoms with Crippen LogP contribution >= 0.6 is 11.3 Å². The van der Waals surface area contributed by atoms with Gasteiger partial charge in [0, 0.05) is 44.8 Å². The third-order valence-corrected chi connectivity index (χ3v) is 6.79. The molecule has 5 rings (SSSR count). The molecule has 0 aliphatic carbocycles. The number of thiophene rings is 1. The number of aromatic nitrogens is 5. The molecule has 0 amide bonds. The Morgan fingerprint density at radius 3 is 2.69 bits per heavy atom. The van der Waals surface area contributed by atoms with Gasteiger partial charge in [-0.05, 0) is 48.5 Å². The Kier molecular flexibility index (Phi) is 5.60. The highest BCUT2D eigenvalue weighted by Gasteiger charge is 2.33. The lowest BCUT2D eigenvalue weighted by Crippen LogP contribution is -2.45. The van der Waals surface area contributed by atoms with Crippen LogP contribution in [0.25, 0.3) is 17.0 Å². The lowest BCUT2D eigenvalue weighted by molar-refractivity contribution is 0.312.